The number of hydrogen-bond donors (Lipinski definition) is 2. The van der Waals surface area contributed by atoms with E-state index in [1.165, 1.54) is 12.4 Å². The van der Waals surface area contributed by atoms with Gasteiger partial charge in [-0.1, -0.05) is 6.07 Å². The third-order valence-corrected chi connectivity index (χ3v) is 3.39. The van der Waals surface area contributed by atoms with Crippen LogP contribution in [0.15, 0.2) is 47.1 Å². The van der Waals surface area contributed by atoms with E-state index in [0.717, 1.165) is 16.4 Å². The van der Waals surface area contributed by atoms with Crippen LogP contribution in [0.4, 0.5) is 0 Å². The molecule has 3 aromatic heterocycles. The van der Waals surface area contributed by atoms with E-state index in [9.17, 15) is 4.79 Å². The normalized spacial score (nSPS) is 9.71. The highest BCUT2D eigenvalue weighted by molar-refractivity contribution is 7.13. The zero-order chi connectivity index (χ0) is 15.1. The van der Waals surface area contributed by atoms with Gasteiger partial charge < -0.3 is 14.7 Å². The minimum Gasteiger partial charge on any atom is -0.483 e. The number of carboxylic acid groups (broad SMARTS) is 1. The Labute approximate surface area is 123 Å². The highest BCUT2D eigenvalue weighted by Gasteiger charge is 2.07. The van der Waals surface area contributed by atoms with Crippen LogP contribution in [0.25, 0.3) is 10.7 Å². The maximum Gasteiger partial charge on any atom is 0.290 e. The molecule has 0 aliphatic carbocycles. The Morgan fingerprint density at radius 2 is 2.24 bits per heavy atom. The van der Waals surface area contributed by atoms with Crippen molar-refractivity contribution in [3.8, 4) is 10.7 Å². The monoisotopic (exact) mass is 304 g/mol. The van der Waals surface area contributed by atoms with Gasteiger partial charge in [-0.15, -0.1) is 11.3 Å². The van der Waals surface area contributed by atoms with E-state index in [0.29, 0.717) is 6.54 Å². The van der Waals surface area contributed by atoms with Crippen LogP contribution >= 0.6 is 11.3 Å². The van der Waals surface area contributed by atoms with Crippen molar-refractivity contribution in [2.75, 3.05) is 0 Å². The van der Waals surface area contributed by atoms with Crippen LogP contribution in [-0.2, 0) is 11.3 Å². The summed E-state index contributed by atoms with van der Waals surface area (Å²) in [5, 5.41) is 8.90. The largest absolute Gasteiger partial charge is 0.483 e. The van der Waals surface area contributed by atoms with Crippen LogP contribution in [0.2, 0.25) is 0 Å². The summed E-state index contributed by atoms with van der Waals surface area (Å²) in [5.74, 6) is 0.895. The predicted octanol–water partition coefficient (Wildman–Crippen LogP) is 1.44. The standard InChI is InChI=1S/C12H10N4OS.CH2O2/c17-11-6-9(14-8-15-11)7-16-4-3-13-12(16)10-2-1-5-18-10;2-1-3/h1-6,8H,7H2,(H,14,15,17);1H,(H,2,3). The van der Waals surface area contributed by atoms with Gasteiger partial charge in [0.25, 0.3) is 12.0 Å². The van der Waals surface area contributed by atoms with E-state index >= 15 is 0 Å². The van der Waals surface area contributed by atoms with E-state index in [1.807, 2.05) is 28.3 Å². The number of carbonyl (C=O) groups is 1. The van der Waals surface area contributed by atoms with Crippen molar-refractivity contribution >= 4 is 17.8 Å². The molecule has 0 spiro atoms. The first kappa shape index (κ1) is 14.7. The van der Waals surface area contributed by atoms with Crippen molar-refractivity contribution in [1.82, 2.24) is 19.5 Å². The molecular formula is C13H12N4O3S. The number of thiophene rings is 1. The first-order valence-electron chi connectivity index (χ1n) is 5.91. The van der Waals surface area contributed by atoms with Crippen LogP contribution in [0.5, 0.6) is 0 Å². The van der Waals surface area contributed by atoms with E-state index in [1.54, 1.807) is 17.5 Å². The molecule has 0 atom stereocenters. The highest BCUT2D eigenvalue weighted by atomic mass is 32.1. The Kier molecular flexibility index (Phi) is 4.99. The molecule has 7 nitrogen and oxygen atoms in total. The van der Waals surface area contributed by atoms with Crippen molar-refractivity contribution in [3.63, 3.8) is 0 Å². The quantitative estimate of drug-likeness (QED) is 0.713. The SMILES string of the molecule is O=CO.O=c1cc(Cn2ccnc2-c2cccs2)nc[nH]1. The molecule has 8 heteroatoms. The fourth-order valence-electron chi connectivity index (χ4n) is 1.74. The topological polar surface area (TPSA) is 101 Å². The minimum absolute atomic E-state index is 0.141. The van der Waals surface area contributed by atoms with Gasteiger partial charge in [0, 0.05) is 18.5 Å². The molecule has 0 aliphatic rings. The van der Waals surface area contributed by atoms with Crippen LogP contribution in [0, 0.1) is 0 Å². The zero-order valence-corrected chi connectivity index (χ0v) is 11.7. The Morgan fingerprint density at radius 1 is 1.43 bits per heavy atom. The molecule has 0 aromatic carbocycles. The van der Waals surface area contributed by atoms with Crippen LogP contribution < -0.4 is 5.56 Å². The summed E-state index contributed by atoms with van der Waals surface area (Å²) in [6, 6.07) is 5.51. The van der Waals surface area contributed by atoms with E-state index in [4.69, 9.17) is 9.90 Å². The van der Waals surface area contributed by atoms with Crippen LogP contribution in [0.3, 0.4) is 0 Å². The lowest BCUT2D eigenvalue weighted by Gasteiger charge is -2.05. The number of aromatic nitrogens is 4. The second kappa shape index (κ2) is 7.15. The van der Waals surface area contributed by atoms with Gasteiger partial charge >= 0.3 is 0 Å². The summed E-state index contributed by atoms with van der Waals surface area (Å²) in [4.78, 5) is 31.7. The Morgan fingerprint density at radius 3 is 2.90 bits per heavy atom. The Bertz CT molecular complexity index is 749. The van der Waals surface area contributed by atoms with Crippen molar-refractivity contribution in [2.24, 2.45) is 0 Å². The molecule has 0 fully saturated rings. The van der Waals surface area contributed by atoms with E-state index in [2.05, 4.69) is 15.0 Å². The predicted molar refractivity (Wildman–Crippen MR) is 78.2 cm³/mol. The van der Waals surface area contributed by atoms with Crippen molar-refractivity contribution in [3.05, 3.63) is 58.3 Å². The number of aromatic amines is 1. The number of H-pyrrole nitrogens is 1. The van der Waals surface area contributed by atoms with Gasteiger partial charge in [0.1, 0.15) is 5.82 Å². The van der Waals surface area contributed by atoms with Crippen LogP contribution in [-0.4, -0.2) is 31.1 Å². The molecule has 3 heterocycles. The number of nitrogens with zero attached hydrogens (tertiary/aromatic N) is 3. The molecular weight excluding hydrogens is 292 g/mol. The summed E-state index contributed by atoms with van der Waals surface area (Å²) in [6.07, 6.45) is 5.06. The van der Waals surface area contributed by atoms with Crippen LogP contribution in [0.1, 0.15) is 5.69 Å². The molecule has 108 valence electrons. The summed E-state index contributed by atoms with van der Waals surface area (Å²) in [7, 11) is 0. The number of imidazole rings is 1. The van der Waals surface area contributed by atoms with Gasteiger partial charge in [-0.05, 0) is 11.4 Å². The molecule has 2 N–H and O–H groups in total. The van der Waals surface area contributed by atoms with E-state index < -0.39 is 0 Å². The maximum atomic E-state index is 11.2. The fourth-order valence-corrected chi connectivity index (χ4v) is 2.47. The van der Waals surface area contributed by atoms with Crippen molar-refractivity contribution in [1.29, 1.82) is 0 Å². The minimum atomic E-state index is -0.250. The third kappa shape index (κ3) is 3.86. The molecule has 21 heavy (non-hydrogen) atoms. The number of nitrogens with one attached hydrogen (secondary N) is 1. The average Bonchev–Trinajstić information content (AvgIpc) is 3.10. The van der Waals surface area contributed by atoms with Gasteiger partial charge in [0.05, 0.1) is 23.4 Å². The fraction of sp³-hybridized carbons (Fsp3) is 0.0769. The van der Waals surface area contributed by atoms with Gasteiger partial charge in [-0.25, -0.2) is 9.97 Å². The lowest BCUT2D eigenvalue weighted by atomic mass is 10.4. The Hall–Kier alpha value is -2.74. The first-order valence-corrected chi connectivity index (χ1v) is 6.79. The average molecular weight is 304 g/mol. The van der Waals surface area contributed by atoms with Crippen molar-refractivity contribution < 1.29 is 9.90 Å². The molecule has 0 radical (unpaired) electrons. The molecule has 0 saturated heterocycles. The molecule has 0 bridgehead atoms. The second-order valence-corrected chi connectivity index (χ2v) is 4.81. The number of hydrogen-bond acceptors (Lipinski definition) is 5. The summed E-state index contributed by atoms with van der Waals surface area (Å²) in [6.45, 7) is 0.289. The second-order valence-electron chi connectivity index (χ2n) is 3.86. The molecule has 0 unspecified atom stereocenters. The first-order chi connectivity index (χ1) is 10.2. The zero-order valence-electron chi connectivity index (χ0n) is 10.8. The third-order valence-electron chi connectivity index (χ3n) is 2.52. The smallest absolute Gasteiger partial charge is 0.290 e. The Balaban J connectivity index is 0.000000497. The maximum absolute atomic E-state index is 11.2. The summed E-state index contributed by atoms with van der Waals surface area (Å²) >= 11 is 1.64. The van der Waals surface area contributed by atoms with Crippen molar-refractivity contribution in [2.45, 2.75) is 6.54 Å². The lowest BCUT2D eigenvalue weighted by molar-refractivity contribution is -0.122. The van der Waals surface area contributed by atoms with Gasteiger partial charge in [0.15, 0.2) is 0 Å². The molecule has 3 aromatic rings. The molecule has 0 amide bonds. The molecule has 0 saturated carbocycles. The van der Waals surface area contributed by atoms with E-state index in [-0.39, 0.29) is 12.0 Å². The molecule has 0 aliphatic heterocycles. The van der Waals surface area contributed by atoms with Gasteiger partial charge in [-0.2, -0.15) is 0 Å². The van der Waals surface area contributed by atoms with Gasteiger partial charge in [0.2, 0.25) is 0 Å². The number of rotatable bonds is 3. The summed E-state index contributed by atoms with van der Waals surface area (Å²) < 4.78 is 1.98. The molecule has 3 rings (SSSR count). The lowest BCUT2D eigenvalue weighted by Crippen LogP contribution is -2.10. The van der Waals surface area contributed by atoms with Gasteiger partial charge in [-0.3, -0.25) is 9.59 Å². The summed E-state index contributed by atoms with van der Waals surface area (Å²) in [5.41, 5.74) is 0.576. The highest BCUT2D eigenvalue weighted by Crippen LogP contribution is 2.23.